The Bertz CT molecular complexity index is 869. The summed E-state index contributed by atoms with van der Waals surface area (Å²) >= 11 is 0. The van der Waals surface area contributed by atoms with E-state index in [1.165, 1.54) is 29.6 Å². The van der Waals surface area contributed by atoms with Gasteiger partial charge in [-0.05, 0) is 43.4 Å². The number of sulfonamides is 1. The number of ether oxygens (including phenoxy) is 1. The van der Waals surface area contributed by atoms with Crippen LogP contribution in [0.5, 0.6) is 5.75 Å². The number of carboxylic acids is 1. The summed E-state index contributed by atoms with van der Waals surface area (Å²) in [5.74, 6) is -1.08. The minimum Gasteiger partial charge on any atom is -0.495 e. The number of benzene rings is 1. The van der Waals surface area contributed by atoms with Gasteiger partial charge in [0, 0.05) is 20.1 Å². The van der Waals surface area contributed by atoms with Crippen LogP contribution in [0.15, 0.2) is 23.1 Å². The van der Waals surface area contributed by atoms with Gasteiger partial charge in [-0.3, -0.25) is 9.59 Å². The van der Waals surface area contributed by atoms with Gasteiger partial charge in [0.25, 0.3) is 0 Å². The summed E-state index contributed by atoms with van der Waals surface area (Å²) in [5.41, 5.74) is -0.693. The molecule has 2 fully saturated rings. The van der Waals surface area contributed by atoms with Gasteiger partial charge in [0.1, 0.15) is 16.2 Å². The van der Waals surface area contributed by atoms with Crippen molar-refractivity contribution in [3.8, 4) is 5.75 Å². The highest BCUT2D eigenvalue weighted by atomic mass is 32.2. The van der Waals surface area contributed by atoms with Crippen LogP contribution in [0, 0.1) is 0 Å². The Morgan fingerprint density at radius 2 is 1.93 bits per heavy atom. The van der Waals surface area contributed by atoms with Gasteiger partial charge in [0.05, 0.1) is 13.5 Å². The number of carbonyl (C=O) groups excluding carboxylic acids is 1. The molecule has 1 aromatic rings. The van der Waals surface area contributed by atoms with Gasteiger partial charge in [-0.2, -0.15) is 4.31 Å². The molecular weight excluding hydrogens is 372 g/mol. The molecule has 1 N–H and O–H groups in total. The zero-order chi connectivity index (χ0) is 19.8. The van der Waals surface area contributed by atoms with Crippen LogP contribution in [0.4, 0.5) is 0 Å². The molecule has 1 atom stereocenters. The van der Waals surface area contributed by atoms with E-state index >= 15 is 0 Å². The number of amides is 1. The SMILES string of the molecule is COc1ccc(CC(=O)O)cc1S(=O)(=O)N1CCCC12CCCN(C)C2=O. The van der Waals surface area contributed by atoms with E-state index in [2.05, 4.69) is 0 Å². The normalized spacial score (nSPS) is 23.8. The van der Waals surface area contributed by atoms with Crippen LogP contribution in [0.25, 0.3) is 0 Å². The average Bonchev–Trinajstić information content (AvgIpc) is 3.04. The molecule has 148 valence electrons. The lowest BCUT2D eigenvalue weighted by atomic mass is 9.87. The molecule has 0 saturated carbocycles. The molecule has 0 aromatic heterocycles. The third-order valence-corrected chi connectivity index (χ3v) is 7.40. The monoisotopic (exact) mass is 396 g/mol. The first-order valence-electron chi connectivity index (χ1n) is 8.89. The van der Waals surface area contributed by atoms with Crippen LogP contribution < -0.4 is 4.74 Å². The van der Waals surface area contributed by atoms with Gasteiger partial charge in [-0.1, -0.05) is 6.07 Å². The summed E-state index contributed by atoms with van der Waals surface area (Å²) in [6.07, 6.45) is 2.04. The van der Waals surface area contributed by atoms with Crippen molar-refractivity contribution in [2.45, 2.75) is 42.5 Å². The van der Waals surface area contributed by atoms with E-state index in [1.54, 1.807) is 11.9 Å². The Morgan fingerprint density at radius 3 is 2.56 bits per heavy atom. The Kier molecular flexibility index (Phi) is 5.18. The highest BCUT2D eigenvalue weighted by Gasteiger charge is 2.55. The van der Waals surface area contributed by atoms with Crippen LogP contribution in [0.2, 0.25) is 0 Å². The standard InChI is InChI=1S/C18H24N2O6S/c1-19-9-3-7-18(17(19)23)8-4-10-20(18)27(24,25)15-11-13(12-16(21)22)5-6-14(15)26-2/h5-6,11H,3-4,7-10,12H2,1-2H3,(H,21,22). The number of likely N-dealkylation sites (tertiary alicyclic amines) is 1. The fourth-order valence-corrected chi connectivity index (χ4v) is 6.20. The summed E-state index contributed by atoms with van der Waals surface area (Å²) in [6, 6.07) is 4.33. The fourth-order valence-electron chi connectivity index (χ4n) is 4.17. The maximum Gasteiger partial charge on any atom is 0.307 e. The van der Waals surface area contributed by atoms with Gasteiger partial charge >= 0.3 is 5.97 Å². The van der Waals surface area contributed by atoms with Crippen molar-refractivity contribution in [3.05, 3.63) is 23.8 Å². The third kappa shape index (κ3) is 3.29. The maximum atomic E-state index is 13.5. The smallest absolute Gasteiger partial charge is 0.307 e. The van der Waals surface area contributed by atoms with E-state index < -0.39 is 21.5 Å². The summed E-state index contributed by atoms with van der Waals surface area (Å²) in [6.45, 7) is 0.875. The Balaban J connectivity index is 2.08. The molecule has 0 bridgehead atoms. The average molecular weight is 396 g/mol. The Hall–Kier alpha value is -2.13. The molecule has 2 aliphatic rings. The molecule has 0 aliphatic carbocycles. The molecule has 8 nitrogen and oxygen atoms in total. The molecule has 1 unspecified atom stereocenters. The first kappa shape index (κ1) is 19.6. The maximum absolute atomic E-state index is 13.5. The number of aliphatic carboxylic acids is 1. The molecule has 2 saturated heterocycles. The number of methoxy groups -OCH3 is 1. The van der Waals surface area contributed by atoms with Crippen LogP contribution >= 0.6 is 0 Å². The molecule has 1 amide bonds. The van der Waals surface area contributed by atoms with Crippen molar-refractivity contribution in [1.82, 2.24) is 9.21 Å². The number of carbonyl (C=O) groups is 2. The predicted molar refractivity (Wildman–Crippen MR) is 97.1 cm³/mol. The summed E-state index contributed by atoms with van der Waals surface area (Å²) < 4.78 is 33.5. The summed E-state index contributed by atoms with van der Waals surface area (Å²) in [5, 5.41) is 9.02. The second-order valence-electron chi connectivity index (χ2n) is 7.10. The van der Waals surface area contributed by atoms with Crippen LogP contribution in [-0.4, -0.2) is 67.4 Å². The lowest BCUT2D eigenvalue weighted by Crippen LogP contribution is -2.60. The molecule has 1 aromatic carbocycles. The minimum absolute atomic E-state index is 0.0916. The molecule has 3 rings (SSSR count). The van der Waals surface area contributed by atoms with Crippen molar-refractivity contribution < 1.29 is 27.9 Å². The lowest BCUT2D eigenvalue weighted by molar-refractivity contribution is -0.142. The number of hydrogen-bond donors (Lipinski definition) is 1. The molecule has 2 aliphatic heterocycles. The number of likely N-dealkylation sites (N-methyl/N-ethyl adjacent to an activating group) is 1. The lowest BCUT2D eigenvalue weighted by Gasteiger charge is -2.42. The van der Waals surface area contributed by atoms with Gasteiger partial charge in [0.15, 0.2) is 0 Å². The second-order valence-corrected chi connectivity index (χ2v) is 8.93. The van der Waals surface area contributed by atoms with E-state index in [4.69, 9.17) is 9.84 Å². The molecule has 0 radical (unpaired) electrons. The van der Waals surface area contributed by atoms with Crippen LogP contribution in [-0.2, 0) is 26.0 Å². The van der Waals surface area contributed by atoms with Crippen molar-refractivity contribution in [1.29, 1.82) is 0 Å². The van der Waals surface area contributed by atoms with Gasteiger partial charge in [-0.15, -0.1) is 0 Å². The second kappa shape index (κ2) is 7.12. The topological polar surface area (TPSA) is 104 Å². The number of carboxylic acid groups (broad SMARTS) is 1. The quantitative estimate of drug-likeness (QED) is 0.799. The minimum atomic E-state index is -4.04. The summed E-state index contributed by atoms with van der Waals surface area (Å²) in [7, 11) is -0.976. The van der Waals surface area contributed by atoms with Crippen LogP contribution in [0.3, 0.4) is 0 Å². The van der Waals surface area contributed by atoms with Crippen molar-refractivity contribution in [3.63, 3.8) is 0 Å². The third-order valence-electron chi connectivity index (χ3n) is 5.41. The van der Waals surface area contributed by atoms with Crippen molar-refractivity contribution >= 4 is 21.9 Å². The number of rotatable bonds is 5. The molecule has 27 heavy (non-hydrogen) atoms. The van der Waals surface area contributed by atoms with E-state index in [0.717, 1.165) is 6.42 Å². The zero-order valence-corrected chi connectivity index (χ0v) is 16.3. The highest BCUT2D eigenvalue weighted by molar-refractivity contribution is 7.89. The molecular formula is C18H24N2O6S. The molecule has 1 spiro atoms. The fraction of sp³-hybridized carbons (Fsp3) is 0.556. The highest BCUT2D eigenvalue weighted by Crippen LogP contribution is 2.42. The predicted octanol–water partition coefficient (Wildman–Crippen LogP) is 1.10. The Morgan fingerprint density at radius 1 is 1.26 bits per heavy atom. The van der Waals surface area contributed by atoms with Crippen molar-refractivity contribution in [2.75, 3.05) is 27.2 Å². The van der Waals surface area contributed by atoms with E-state index in [1.807, 2.05) is 0 Å². The summed E-state index contributed by atoms with van der Waals surface area (Å²) in [4.78, 5) is 25.4. The first-order chi connectivity index (χ1) is 12.7. The van der Waals surface area contributed by atoms with Crippen LogP contribution in [0.1, 0.15) is 31.2 Å². The van der Waals surface area contributed by atoms with E-state index in [9.17, 15) is 18.0 Å². The zero-order valence-electron chi connectivity index (χ0n) is 15.5. The van der Waals surface area contributed by atoms with Gasteiger partial charge < -0.3 is 14.7 Å². The number of hydrogen-bond acceptors (Lipinski definition) is 5. The van der Waals surface area contributed by atoms with Gasteiger partial charge in [-0.25, -0.2) is 8.42 Å². The van der Waals surface area contributed by atoms with Crippen molar-refractivity contribution in [2.24, 2.45) is 0 Å². The largest absolute Gasteiger partial charge is 0.495 e. The molecule has 2 heterocycles. The van der Waals surface area contributed by atoms with Gasteiger partial charge in [0.2, 0.25) is 15.9 Å². The number of nitrogens with zero attached hydrogens (tertiary/aromatic N) is 2. The first-order valence-corrected chi connectivity index (χ1v) is 10.3. The number of piperidine rings is 1. The Labute approximate surface area is 158 Å². The van der Waals surface area contributed by atoms with E-state index in [0.29, 0.717) is 31.4 Å². The molecule has 9 heteroatoms. The van der Waals surface area contributed by atoms with E-state index in [-0.39, 0.29) is 29.5 Å².